The van der Waals surface area contributed by atoms with Crippen molar-refractivity contribution in [3.8, 4) is 11.5 Å². The second-order valence-electron chi connectivity index (χ2n) is 10.1. The summed E-state index contributed by atoms with van der Waals surface area (Å²) < 4.78 is 16.6. The van der Waals surface area contributed by atoms with Gasteiger partial charge in [-0.1, -0.05) is 5.16 Å². The van der Waals surface area contributed by atoms with Gasteiger partial charge in [0.05, 0.1) is 32.7 Å². The summed E-state index contributed by atoms with van der Waals surface area (Å²) >= 11 is 0. The molecule has 1 aromatic carbocycles. The standard InChI is InChI=1S/C27H34N2O5/c1-3-32-24-7-6-19(12-25(24)31-2)16-28-34-18-26(30)29(17-23-5-4-8-33-23)27-13-20-9-21(14-27)11-22(10-20)15-27/h4-8,12,16,20-22H,3,9-11,13-15,17-18H2,1-2H3/b28-16+. The van der Waals surface area contributed by atoms with Crippen LogP contribution in [-0.4, -0.2) is 42.9 Å². The summed E-state index contributed by atoms with van der Waals surface area (Å²) in [6.45, 7) is 2.89. The molecule has 4 aliphatic carbocycles. The minimum Gasteiger partial charge on any atom is -0.493 e. The van der Waals surface area contributed by atoms with E-state index in [9.17, 15) is 4.79 Å². The first kappa shape index (κ1) is 22.8. The lowest BCUT2D eigenvalue weighted by Gasteiger charge is -2.60. The molecule has 0 atom stereocenters. The molecule has 2 aromatic rings. The second-order valence-corrected chi connectivity index (χ2v) is 10.1. The van der Waals surface area contributed by atoms with Gasteiger partial charge in [-0.15, -0.1) is 0 Å². The lowest BCUT2D eigenvalue weighted by Crippen LogP contribution is -2.61. The van der Waals surface area contributed by atoms with Gasteiger partial charge in [0.2, 0.25) is 0 Å². The van der Waals surface area contributed by atoms with Gasteiger partial charge in [0.1, 0.15) is 5.76 Å². The third-order valence-electron chi connectivity index (χ3n) is 7.73. The number of carbonyl (C=O) groups excluding carboxylic acids is 1. The highest BCUT2D eigenvalue weighted by molar-refractivity contribution is 5.81. The first-order valence-electron chi connectivity index (χ1n) is 12.4. The summed E-state index contributed by atoms with van der Waals surface area (Å²) in [5, 5.41) is 4.07. The number of oxime groups is 1. The Morgan fingerprint density at radius 2 is 1.88 bits per heavy atom. The van der Waals surface area contributed by atoms with Crippen molar-refractivity contribution in [3.63, 3.8) is 0 Å². The van der Waals surface area contributed by atoms with E-state index in [1.54, 1.807) is 19.6 Å². The Kier molecular flexibility index (Phi) is 6.53. The third-order valence-corrected chi connectivity index (χ3v) is 7.73. The Balaban J connectivity index is 1.26. The van der Waals surface area contributed by atoms with Gasteiger partial charge in [0.15, 0.2) is 18.1 Å². The minimum atomic E-state index is -0.0902. The van der Waals surface area contributed by atoms with Gasteiger partial charge in [-0.25, -0.2) is 0 Å². The highest BCUT2D eigenvalue weighted by Crippen LogP contribution is 2.58. The van der Waals surface area contributed by atoms with Crippen LogP contribution in [0.15, 0.2) is 46.2 Å². The SMILES string of the molecule is CCOc1ccc(/C=N/OCC(=O)N(Cc2ccco2)C23CC4CC(CC(C4)C2)C3)cc1OC. The lowest BCUT2D eigenvalue weighted by atomic mass is 9.52. The molecule has 182 valence electrons. The van der Waals surface area contributed by atoms with Gasteiger partial charge >= 0.3 is 0 Å². The number of methoxy groups -OCH3 is 1. The van der Waals surface area contributed by atoms with Crippen molar-refractivity contribution >= 4 is 12.1 Å². The van der Waals surface area contributed by atoms with Gasteiger partial charge in [-0.05, 0) is 93.5 Å². The zero-order valence-corrected chi connectivity index (χ0v) is 20.1. The molecular weight excluding hydrogens is 432 g/mol. The predicted octanol–water partition coefficient (Wildman–Crippen LogP) is 5.04. The summed E-state index contributed by atoms with van der Waals surface area (Å²) in [6, 6.07) is 9.37. The van der Waals surface area contributed by atoms with Crippen LogP contribution in [0.1, 0.15) is 56.8 Å². The Bertz CT molecular complexity index is 981. The fourth-order valence-corrected chi connectivity index (χ4v) is 6.78. The third kappa shape index (κ3) is 4.65. The van der Waals surface area contributed by atoms with E-state index in [0.717, 1.165) is 48.3 Å². The molecule has 1 aromatic heterocycles. The molecule has 4 fully saturated rings. The van der Waals surface area contributed by atoms with Crippen molar-refractivity contribution in [2.45, 2.75) is 57.5 Å². The largest absolute Gasteiger partial charge is 0.493 e. The summed E-state index contributed by atoms with van der Waals surface area (Å²) in [5.41, 5.74) is 0.732. The van der Waals surface area contributed by atoms with E-state index in [1.807, 2.05) is 42.2 Å². The molecule has 34 heavy (non-hydrogen) atoms. The number of nitrogens with zero attached hydrogens (tertiary/aromatic N) is 2. The van der Waals surface area contributed by atoms with Crippen LogP contribution in [-0.2, 0) is 16.2 Å². The van der Waals surface area contributed by atoms with Gasteiger partial charge < -0.3 is 23.6 Å². The van der Waals surface area contributed by atoms with Crippen molar-refractivity contribution in [3.05, 3.63) is 47.9 Å². The molecule has 4 saturated carbocycles. The molecule has 0 unspecified atom stereocenters. The maximum absolute atomic E-state index is 13.5. The van der Waals surface area contributed by atoms with Crippen LogP contribution in [0.3, 0.4) is 0 Å². The second kappa shape index (κ2) is 9.72. The average molecular weight is 467 g/mol. The van der Waals surface area contributed by atoms with Crippen LogP contribution in [0.25, 0.3) is 0 Å². The normalized spacial score (nSPS) is 27.2. The number of hydrogen-bond acceptors (Lipinski definition) is 6. The van der Waals surface area contributed by atoms with E-state index >= 15 is 0 Å². The molecule has 7 heteroatoms. The zero-order chi connectivity index (χ0) is 23.5. The van der Waals surface area contributed by atoms with Crippen LogP contribution >= 0.6 is 0 Å². The van der Waals surface area contributed by atoms with E-state index in [-0.39, 0.29) is 18.1 Å². The quantitative estimate of drug-likeness (QED) is 0.362. The number of benzene rings is 1. The molecule has 0 spiro atoms. The highest BCUT2D eigenvalue weighted by atomic mass is 16.6. The van der Waals surface area contributed by atoms with Crippen LogP contribution < -0.4 is 9.47 Å². The van der Waals surface area contributed by atoms with E-state index in [4.69, 9.17) is 18.7 Å². The first-order chi connectivity index (χ1) is 16.6. The maximum Gasteiger partial charge on any atom is 0.264 e. The Morgan fingerprint density at radius 3 is 2.50 bits per heavy atom. The molecular formula is C27H34N2O5. The molecule has 1 amide bonds. The number of carbonyl (C=O) groups is 1. The fourth-order valence-electron chi connectivity index (χ4n) is 6.78. The van der Waals surface area contributed by atoms with Crippen molar-refractivity contribution in [1.29, 1.82) is 0 Å². The van der Waals surface area contributed by atoms with Gasteiger partial charge in [0.25, 0.3) is 5.91 Å². The Morgan fingerprint density at radius 1 is 1.15 bits per heavy atom. The molecule has 4 aliphatic rings. The summed E-state index contributed by atoms with van der Waals surface area (Å²) in [7, 11) is 1.60. The lowest BCUT2D eigenvalue weighted by molar-refractivity contribution is -0.157. The molecule has 0 radical (unpaired) electrons. The van der Waals surface area contributed by atoms with Crippen LogP contribution in [0.4, 0.5) is 0 Å². The van der Waals surface area contributed by atoms with Gasteiger partial charge in [-0.3, -0.25) is 4.79 Å². The fraction of sp³-hybridized carbons (Fsp3) is 0.556. The van der Waals surface area contributed by atoms with Crippen LogP contribution in [0.2, 0.25) is 0 Å². The molecule has 0 N–H and O–H groups in total. The number of hydrogen-bond donors (Lipinski definition) is 0. The number of amides is 1. The van der Waals surface area contributed by atoms with Crippen molar-refractivity contribution in [2.75, 3.05) is 20.3 Å². The topological polar surface area (TPSA) is 73.5 Å². The minimum absolute atomic E-state index is 0.0280. The molecule has 0 aliphatic heterocycles. The van der Waals surface area contributed by atoms with Crippen molar-refractivity contribution < 1.29 is 23.5 Å². The maximum atomic E-state index is 13.5. The van der Waals surface area contributed by atoms with Crippen molar-refractivity contribution in [1.82, 2.24) is 4.90 Å². The zero-order valence-electron chi connectivity index (χ0n) is 20.1. The van der Waals surface area contributed by atoms with Gasteiger partial charge in [-0.2, -0.15) is 0 Å². The summed E-state index contributed by atoms with van der Waals surface area (Å²) in [4.78, 5) is 21.0. The van der Waals surface area contributed by atoms with Crippen molar-refractivity contribution in [2.24, 2.45) is 22.9 Å². The molecule has 1 heterocycles. The molecule has 4 bridgehead atoms. The van der Waals surface area contributed by atoms with Crippen LogP contribution in [0.5, 0.6) is 11.5 Å². The first-order valence-corrected chi connectivity index (χ1v) is 12.4. The van der Waals surface area contributed by atoms with E-state index in [0.29, 0.717) is 24.7 Å². The van der Waals surface area contributed by atoms with E-state index in [2.05, 4.69) is 5.16 Å². The highest BCUT2D eigenvalue weighted by Gasteiger charge is 2.54. The Hall–Kier alpha value is -2.96. The van der Waals surface area contributed by atoms with E-state index in [1.165, 1.54) is 19.3 Å². The number of furan rings is 1. The van der Waals surface area contributed by atoms with Gasteiger partial charge in [0, 0.05) is 11.1 Å². The van der Waals surface area contributed by atoms with Crippen LogP contribution in [0, 0.1) is 17.8 Å². The molecule has 7 nitrogen and oxygen atoms in total. The van der Waals surface area contributed by atoms with E-state index < -0.39 is 0 Å². The summed E-state index contributed by atoms with van der Waals surface area (Å²) in [5.74, 6) is 4.33. The Labute approximate surface area is 201 Å². The summed E-state index contributed by atoms with van der Waals surface area (Å²) in [6.07, 6.45) is 10.5. The molecule has 6 rings (SSSR count). The average Bonchev–Trinajstić information content (AvgIpc) is 3.33. The monoisotopic (exact) mass is 466 g/mol. The predicted molar refractivity (Wildman–Crippen MR) is 128 cm³/mol. The number of rotatable bonds is 10. The number of ether oxygens (including phenoxy) is 2. The molecule has 0 saturated heterocycles. The smallest absolute Gasteiger partial charge is 0.264 e.